The van der Waals surface area contributed by atoms with Crippen LogP contribution in [0.1, 0.15) is 51.9 Å². The molecule has 26 heavy (non-hydrogen) atoms. The van der Waals surface area contributed by atoms with E-state index in [1.54, 1.807) is 0 Å². The van der Waals surface area contributed by atoms with Gasteiger partial charge in [0, 0.05) is 32.8 Å². The number of nitriles is 1. The predicted octanol–water partition coefficient (Wildman–Crippen LogP) is 1.04. The van der Waals surface area contributed by atoms with Crippen LogP contribution in [0.4, 0.5) is 0 Å². The van der Waals surface area contributed by atoms with Crippen molar-refractivity contribution in [2.75, 3.05) is 32.8 Å². The van der Waals surface area contributed by atoms with E-state index in [1.165, 1.54) is 0 Å². The highest BCUT2D eigenvalue weighted by atomic mass is 16.5. The van der Waals surface area contributed by atoms with E-state index in [-0.39, 0.29) is 24.0 Å². The zero-order chi connectivity index (χ0) is 18.6. The molecule has 2 amide bonds. The molecule has 1 N–H and O–H groups in total. The van der Waals surface area contributed by atoms with Gasteiger partial charge in [-0.1, -0.05) is 19.3 Å². The smallest absolute Gasteiger partial charge is 0.251 e. The number of carbonyl (C=O) groups is 2. The highest BCUT2D eigenvalue weighted by Crippen LogP contribution is 2.28. The minimum absolute atomic E-state index is 0.0765. The maximum absolute atomic E-state index is 12.7. The van der Waals surface area contributed by atoms with Gasteiger partial charge >= 0.3 is 0 Å². The number of amides is 2. The average Bonchev–Trinajstić information content (AvgIpc) is 3.22. The Morgan fingerprint density at radius 1 is 1.15 bits per heavy atom. The van der Waals surface area contributed by atoms with Gasteiger partial charge in [-0.3, -0.25) is 14.5 Å². The first-order valence-corrected chi connectivity index (χ1v) is 9.92. The Balaban J connectivity index is 1.49. The minimum Gasteiger partial charge on any atom is -0.368 e. The van der Waals surface area contributed by atoms with Gasteiger partial charge in [0.05, 0.1) is 12.1 Å². The average molecular weight is 362 g/mol. The van der Waals surface area contributed by atoms with Gasteiger partial charge in [-0.05, 0) is 32.6 Å². The van der Waals surface area contributed by atoms with Crippen LogP contribution >= 0.6 is 0 Å². The summed E-state index contributed by atoms with van der Waals surface area (Å²) in [5.74, 6) is 0.0113. The van der Waals surface area contributed by atoms with Gasteiger partial charge in [-0.25, -0.2) is 0 Å². The maximum Gasteiger partial charge on any atom is 0.251 e. The van der Waals surface area contributed by atoms with Crippen LogP contribution in [-0.2, 0) is 14.3 Å². The molecule has 3 rings (SSSR count). The summed E-state index contributed by atoms with van der Waals surface area (Å²) in [7, 11) is 0. The molecule has 0 bridgehead atoms. The van der Waals surface area contributed by atoms with Gasteiger partial charge in [0.15, 0.2) is 0 Å². The number of rotatable bonds is 4. The standard InChI is InChI=1S/C19H30N4O3/c1-15(17(24)21-19(14-20)7-3-2-4-8-19)22-9-11-23(12-10-22)18(25)16-6-5-13-26-16/h15-16H,2-13H2,1H3,(H,21,24). The summed E-state index contributed by atoms with van der Waals surface area (Å²) in [6.45, 7) is 5.16. The molecule has 0 spiro atoms. The number of hydrogen-bond acceptors (Lipinski definition) is 5. The zero-order valence-electron chi connectivity index (χ0n) is 15.7. The van der Waals surface area contributed by atoms with E-state index in [4.69, 9.17) is 4.74 Å². The molecule has 0 aromatic rings. The monoisotopic (exact) mass is 362 g/mol. The molecule has 144 valence electrons. The maximum atomic E-state index is 12.7. The fourth-order valence-corrected chi connectivity index (χ4v) is 4.23. The summed E-state index contributed by atoms with van der Waals surface area (Å²) in [4.78, 5) is 29.1. The summed E-state index contributed by atoms with van der Waals surface area (Å²) >= 11 is 0. The van der Waals surface area contributed by atoms with Gasteiger partial charge in [-0.15, -0.1) is 0 Å². The lowest BCUT2D eigenvalue weighted by atomic mass is 9.82. The SMILES string of the molecule is CC(C(=O)NC1(C#N)CCCCC1)N1CCN(C(=O)C2CCCO2)CC1. The lowest BCUT2D eigenvalue weighted by Crippen LogP contribution is -2.59. The second-order valence-corrected chi connectivity index (χ2v) is 7.78. The van der Waals surface area contributed by atoms with Gasteiger partial charge < -0.3 is 15.0 Å². The van der Waals surface area contributed by atoms with Crippen LogP contribution in [0, 0.1) is 11.3 Å². The first-order chi connectivity index (χ1) is 12.5. The second-order valence-electron chi connectivity index (χ2n) is 7.78. The Kier molecular flexibility index (Phi) is 6.15. The van der Waals surface area contributed by atoms with Crippen molar-refractivity contribution in [3.8, 4) is 6.07 Å². The molecule has 2 saturated heterocycles. The topological polar surface area (TPSA) is 85.7 Å². The van der Waals surface area contributed by atoms with Crippen molar-refractivity contribution >= 4 is 11.8 Å². The first kappa shape index (κ1) is 19.1. The number of piperazine rings is 1. The molecule has 3 fully saturated rings. The molecule has 7 heteroatoms. The summed E-state index contributed by atoms with van der Waals surface area (Å²) < 4.78 is 5.49. The van der Waals surface area contributed by atoms with Crippen molar-refractivity contribution in [3.63, 3.8) is 0 Å². The normalized spacial score (nSPS) is 27.5. The van der Waals surface area contributed by atoms with Gasteiger partial charge in [0.25, 0.3) is 5.91 Å². The number of ether oxygens (including phenoxy) is 1. The number of nitrogens with zero attached hydrogens (tertiary/aromatic N) is 3. The molecule has 0 radical (unpaired) electrons. The fourth-order valence-electron chi connectivity index (χ4n) is 4.23. The van der Waals surface area contributed by atoms with E-state index in [2.05, 4.69) is 16.3 Å². The van der Waals surface area contributed by atoms with Gasteiger partial charge in [0.1, 0.15) is 11.6 Å². The van der Waals surface area contributed by atoms with Crippen molar-refractivity contribution in [1.29, 1.82) is 5.26 Å². The molecule has 2 atom stereocenters. The molecular weight excluding hydrogens is 332 g/mol. The number of carbonyl (C=O) groups excluding carboxylic acids is 2. The quantitative estimate of drug-likeness (QED) is 0.808. The minimum atomic E-state index is -0.693. The Morgan fingerprint density at radius 2 is 1.85 bits per heavy atom. The highest BCUT2D eigenvalue weighted by Gasteiger charge is 2.37. The molecule has 2 heterocycles. The van der Waals surface area contributed by atoms with Crippen molar-refractivity contribution in [2.24, 2.45) is 0 Å². The van der Waals surface area contributed by atoms with Crippen molar-refractivity contribution < 1.29 is 14.3 Å². The zero-order valence-corrected chi connectivity index (χ0v) is 15.7. The molecule has 1 aliphatic carbocycles. The largest absolute Gasteiger partial charge is 0.368 e. The highest BCUT2D eigenvalue weighted by molar-refractivity contribution is 5.83. The molecule has 0 aromatic heterocycles. The number of nitrogens with one attached hydrogen (secondary N) is 1. The molecule has 0 aromatic carbocycles. The number of hydrogen-bond donors (Lipinski definition) is 1. The third-order valence-corrected chi connectivity index (χ3v) is 6.04. The summed E-state index contributed by atoms with van der Waals surface area (Å²) in [5.41, 5.74) is -0.693. The molecular formula is C19H30N4O3. The third kappa shape index (κ3) is 4.18. The summed E-state index contributed by atoms with van der Waals surface area (Å²) in [5, 5.41) is 12.6. The van der Waals surface area contributed by atoms with Crippen LogP contribution in [0.15, 0.2) is 0 Å². The molecule has 1 saturated carbocycles. The van der Waals surface area contributed by atoms with E-state index in [1.807, 2.05) is 11.8 Å². The van der Waals surface area contributed by atoms with Crippen molar-refractivity contribution in [3.05, 3.63) is 0 Å². The van der Waals surface area contributed by atoms with E-state index in [0.29, 0.717) is 32.8 Å². The van der Waals surface area contributed by atoms with Crippen molar-refractivity contribution in [2.45, 2.75) is 69.6 Å². The lowest BCUT2D eigenvalue weighted by molar-refractivity contribution is -0.143. The third-order valence-electron chi connectivity index (χ3n) is 6.04. The van der Waals surface area contributed by atoms with Gasteiger partial charge in [-0.2, -0.15) is 5.26 Å². The lowest BCUT2D eigenvalue weighted by Gasteiger charge is -2.39. The van der Waals surface area contributed by atoms with Crippen LogP contribution in [0.3, 0.4) is 0 Å². The first-order valence-electron chi connectivity index (χ1n) is 9.92. The van der Waals surface area contributed by atoms with E-state index in [9.17, 15) is 14.9 Å². The van der Waals surface area contributed by atoms with E-state index in [0.717, 1.165) is 44.9 Å². The fraction of sp³-hybridized carbons (Fsp3) is 0.842. The van der Waals surface area contributed by atoms with Crippen LogP contribution in [-0.4, -0.2) is 72.1 Å². The molecule has 2 unspecified atom stereocenters. The van der Waals surface area contributed by atoms with Crippen LogP contribution in [0.5, 0.6) is 0 Å². The van der Waals surface area contributed by atoms with E-state index < -0.39 is 5.54 Å². The van der Waals surface area contributed by atoms with Crippen LogP contribution in [0.2, 0.25) is 0 Å². The van der Waals surface area contributed by atoms with E-state index >= 15 is 0 Å². The summed E-state index contributed by atoms with van der Waals surface area (Å²) in [6, 6.07) is 2.05. The Bertz CT molecular complexity index is 554. The Morgan fingerprint density at radius 3 is 2.42 bits per heavy atom. The molecule has 2 aliphatic heterocycles. The van der Waals surface area contributed by atoms with Gasteiger partial charge in [0.2, 0.25) is 5.91 Å². The molecule has 7 nitrogen and oxygen atoms in total. The van der Waals surface area contributed by atoms with Crippen molar-refractivity contribution in [1.82, 2.24) is 15.1 Å². The predicted molar refractivity (Wildman–Crippen MR) is 96.2 cm³/mol. The molecule has 3 aliphatic rings. The summed E-state index contributed by atoms with van der Waals surface area (Å²) in [6.07, 6.45) is 6.09. The Hall–Kier alpha value is -1.65. The second kappa shape index (κ2) is 8.36. The van der Waals surface area contributed by atoms with Crippen LogP contribution < -0.4 is 5.32 Å². The Labute approximate surface area is 155 Å². The van der Waals surface area contributed by atoms with Crippen LogP contribution in [0.25, 0.3) is 0 Å².